The minimum atomic E-state index is -0.818. The summed E-state index contributed by atoms with van der Waals surface area (Å²) in [5.41, 5.74) is 5.89. The molecule has 0 aromatic heterocycles. The van der Waals surface area contributed by atoms with Crippen LogP contribution in [-0.4, -0.2) is 17.1 Å². The van der Waals surface area contributed by atoms with E-state index in [0.29, 0.717) is 31.6 Å². The average molecular weight is 277 g/mol. The molecule has 20 heavy (non-hydrogen) atoms. The number of non-ortho nitro benzene ring substituents is 1. The normalized spacial score (nSPS) is 13.3. The third-order valence-corrected chi connectivity index (χ3v) is 3.26. The van der Waals surface area contributed by atoms with Gasteiger partial charge in [0.2, 0.25) is 0 Å². The van der Waals surface area contributed by atoms with Gasteiger partial charge in [-0.15, -0.1) is 0 Å². The molecule has 1 atom stereocenters. The zero-order valence-corrected chi connectivity index (χ0v) is 11.8. The van der Waals surface area contributed by atoms with Gasteiger partial charge in [0.05, 0.1) is 23.7 Å². The number of benzene rings is 1. The Morgan fingerprint density at radius 1 is 1.55 bits per heavy atom. The summed E-state index contributed by atoms with van der Waals surface area (Å²) in [5.74, 6) is 0.496. The number of nitro benzene ring substituents is 1. The van der Waals surface area contributed by atoms with Crippen molar-refractivity contribution in [2.24, 2.45) is 5.73 Å². The van der Waals surface area contributed by atoms with E-state index in [4.69, 9.17) is 15.7 Å². The molecule has 0 amide bonds. The SMILES string of the molecule is CCC(N)(C#N)CCCOc1cc([N+](=O)[O-])ccc1C. The van der Waals surface area contributed by atoms with Gasteiger partial charge in [-0.05, 0) is 37.8 Å². The molecule has 108 valence electrons. The van der Waals surface area contributed by atoms with E-state index in [-0.39, 0.29) is 5.69 Å². The second-order valence-corrected chi connectivity index (χ2v) is 4.78. The minimum absolute atomic E-state index is 0.00403. The molecule has 0 aliphatic carbocycles. The number of ether oxygens (including phenoxy) is 1. The molecule has 0 saturated heterocycles. The molecule has 0 aliphatic rings. The first-order valence-corrected chi connectivity index (χ1v) is 6.50. The van der Waals surface area contributed by atoms with Crippen LogP contribution in [0.5, 0.6) is 5.75 Å². The Hall–Kier alpha value is -2.13. The lowest BCUT2D eigenvalue weighted by molar-refractivity contribution is -0.384. The van der Waals surface area contributed by atoms with Crippen LogP contribution >= 0.6 is 0 Å². The molecular weight excluding hydrogens is 258 g/mol. The fourth-order valence-corrected chi connectivity index (χ4v) is 1.74. The number of nitro groups is 1. The van der Waals surface area contributed by atoms with Crippen molar-refractivity contribution >= 4 is 5.69 Å². The van der Waals surface area contributed by atoms with E-state index < -0.39 is 10.5 Å². The molecule has 2 N–H and O–H groups in total. The fourth-order valence-electron chi connectivity index (χ4n) is 1.74. The topological polar surface area (TPSA) is 102 Å². The van der Waals surface area contributed by atoms with Crippen molar-refractivity contribution in [3.8, 4) is 11.8 Å². The Bertz CT molecular complexity index is 525. The number of hydrogen-bond acceptors (Lipinski definition) is 5. The molecule has 6 heteroatoms. The van der Waals surface area contributed by atoms with Crippen molar-refractivity contribution in [2.45, 2.75) is 38.6 Å². The van der Waals surface area contributed by atoms with Crippen molar-refractivity contribution in [3.05, 3.63) is 33.9 Å². The largest absolute Gasteiger partial charge is 0.493 e. The minimum Gasteiger partial charge on any atom is -0.493 e. The summed E-state index contributed by atoms with van der Waals surface area (Å²) in [6, 6.07) is 6.61. The van der Waals surface area contributed by atoms with Gasteiger partial charge in [-0.3, -0.25) is 10.1 Å². The molecule has 0 saturated carbocycles. The summed E-state index contributed by atoms with van der Waals surface area (Å²) in [7, 11) is 0. The Morgan fingerprint density at radius 2 is 2.25 bits per heavy atom. The van der Waals surface area contributed by atoms with Crippen molar-refractivity contribution < 1.29 is 9.66 Å². The average Bonchev–Trinajstić information content (AvgIpc) is 2.44. The van der Waals surface area contributed by atoms with Crippen LogP contribution in [0, 0.1) is 28.4 Å². The molecule has 0 bridgehead atoms. The lowest BCUT2D eigenvalue weighted by Gasteiger charge is -2.19. The van der Waals surface area contributed by atoms with Crippen LogP contribution < -0.4 is 10.5 Å². The Morgan fingerprint density at radius 3 is 2.80 bits per heavy atom. The van der Waals surface area contributed by atoms with Crippen molar-refractivity contribution in [3.63, 3.8) is 0 Å². The summed E-state index contributed by atoms with van der Waals surface area (Å²) in [6.07, 6.45) is 1.74. The highest BCUT2D eigenvalue weighted by atomic mass is 16.6. The van der Waals surface area contributed by atoms with Gasteiger partial charge in [-0.1, -0.05) is 6.92 Å². The molecule has 6 nitrogen and oxygen atoms in total. The van der Waals surface area contributed by atoms with Crippen molar-refractivity contribution in [2.75, 3.05) is 6.61 Å². The van der Waals surface area contributed by atoms with Crippen LogP contribution in [-0.2, 0) is 0 Å². The highest BCUT2D eigenvalue weighted by molar-refractivity contribution is 5.43. The van der Waals surface area contributed by atoms with Crippen LogP contribution in [0.15, 0.2) is 18.2 Å². The monoisotopic (exact) mass is 277 g/mol. The molecule has 0 radical (unpaired) electrons. The van der Waals surface area contributed by atoms with Gasteiger partial charge in [0.25, 0.3) is 5.69 Å². The lowest BCUT2D eigenvalue weighted by Crippen LogP contribution is -2.37. The number of nitriles is 1. The van der Waals surface area contributed by atoms with Crippen molar-refractivity contribution in [1.29, 1.82) is 5.26 Å². The van der Waals surface area contributed by atoms with E-state index in [1.165, 1.54) is 12.1 Å². The summed E-state index contributed by atoms with van der Waals surface area (Å²) in [4.78, 5) is 10.2. The van der Waals surface area contributed by atoms with Gasteiger partial charge in [0.15, 0.2) is 0 Å². The second-order valence-electron chi connectivity index (χ2n) is 4.78. The summed E-state index contributed by atoms with van der Waals surface area (Å²) >= 11 is 0. The molecule has 0 fully saturated rings. The van der Waals surface area contributed by atoms with E-state index in [2.05, 4.69) is 6.07 Å². The lowest BCUT2D eigenvalue weighted by atomic mass is 9.94. The summed E-state index contributed by atoms with van der Waals surface area (Å²) in [5, 5.41) is 19.7. The molecule has 1 aromatic carbocycles. The molecule has 0 aliphatic heterocycles. The number of aryl methyl sites for hydroxylation is 1. The van der Waals surface area contributed by atoms with E-state index in [0.717, 1.165) is 5.56 Å². The van der Waals surface area contributed by atoms with E-state index in [1.54, 1.807) is 6.07 Å². The van der Waals surface area contributed by atoms with E-state index in [9.17, 15) is 10.1 Å². The zero-order valence-electron chi connectivity index (χ0n) is 11.8. The third kappa shape index (κ3) is 4.21. The molecule has 1 unspecified atom stereocenters. The van der Waals surface area contributed by atoms with Crippen LogP contribution in [0.25, 0.3) is 0 Å². The quantitative estimate of drug-likeness (QED) is 0.469. The molecule has 1 aromatic rings. The first-order chi connectivity index (χ1) is 9.41. The van der Waals surface area contributed by atoms with E-state index >= 15 is 0 Å². The first-order valence-electron chi connectivity index (χ1n) is 6.50. The highest BCUT2D eigenvalue weighted by Crippen LogP contribution is 2.24. The fraction of sp³-hybridized carbons (Fsp3) is 0.500. The van der Waals surface area contributed by atoms with Gasteiger partial charge in [0.1, 0.15) is 11.3 Å². The molecule has 0 spiro atoms. The third-order valence-electron chi connectivity index (χ3n) is 3.26. The van der Waals surface area contributed by atoms with Gasteiger partial charge in [-0.2, -0.15) is 5.26 Å². The van der Waals surface area contributed by atoms with Gasteiger partial charge in [-0.25, -0.2) is 0 Å². The van der Waals surface area contributed by atoms with Crippen LogP contribution in [0.3, 0.4) is 0 Å². The maximum Gasteiger partial charge on any atom is 0.273 e. The number of rotatable bonds is 7. The van der Waals surface area contributed by atoms with Gasteiger partial charge >= 0.3 is 0 Å². The number of hydrogen-bond donors (Lipinski definition) is 1. The predicted octanol–water partition coefficient (Wildman–Crippen LogP) is 2.69. The smallest absolute Gasteiger partial charge is 0.273 e. The molecule has 0 heterocycles. The standard InChI is InChI=1S/C14H19N3O3/c1-3-14(16,10-15)7-4-8-20-13-9-12(17(18)19)6-5-11(13)2/h5-6,9H,3-4,7-8,16H2,1-2H3. The first kappa shape index (κ1) is 15.9. The maximum atomic E-state index is 10.7. The number of nitrogens with two attached hydrogens (primary N) is 1. The Kier molecular flexibility index (Phi) is 5.47. The van der Waals surface area contributed by atoms with Crippen LogP contribution in [0.1, 0.15) is 31.7 Å². The van der Waals surface area contributed by atoms with Gasteiger partial charge in [0, 0.05) is 6.07 Å². The zero-order chi connectivity index (χ0) is 15.2. The molecule has 1 rings (SSSR count). The summed E-state index contributed by atoms with van der Waals surface area (Å²) < 4.78 is 5.54. The van der Waals surface area contributed by atoms with Crippen molar-refractivity contribution in [1.82, 2.24) is 0 Å². The maximum absolute atomic E-state index is 10.7. The summed E-state index contributed by atoms with van der Waals surface area (Å²) in [6.45, 7) is 4.07. The Labute approximate surface area is 118 Å². The number of nitrogens with zero attached hydrogens (tertiary/aromatic N) is 2. The van der Waals surface area contributed by atoms with E-state index in [1.807, 2.05) is 13.8 Å². The van der Waals surface area contributed by atoms with Gasteiger partial charge < -0.3 is 10.5 Å². The second kappa shape index (κ2) is 6.87. The Balaban J connectivity index is 2.56. The van der Waals surface area contributed by atoms with Crippen LogP contribution in [0.2, 0.25) is 0 Å². The highest BCUT2D eigenvalue weighted by Gasteiger charge is 2.21. The molecular formula is C14H19N3O3. The predicted molar refractivity (Wildman–Crippen MR) is 75.4 cm³/mol. The van der Waals surface area contributed by atoms with Crippen LogP contribution in [0.4, 0.5) is 5.69 Å².